The zero-order chi connectivity index (χ0) is 22.1. The first-order valence-electron chi connectivity index (χ1n) is 9.74. The molecule has 0 bridgehead atoms. The standard InChI is InChI=1S/C22H21ClFN5O2/c1-2-17(30)28-7-9-29(10-8-28)22-15-11-16(23)18(19(24)20(15)26-12-27-22)13-5-3-4-6-14(13)21(25)31/h2-6,11-12,17,30H,1,7-10H2,(H2,25,31). The van der Waals surface area contributed by atoms with Gasteiger partial charge in [0.1, 0.15) is 23.9 Å². The third kappa shape index (κ3) is 3.85. The van der Waals surface area contributed by atoms with Crippen LogP contribution in [-0.2, 0) is 0 Å². The number of rotatable bonds is 5. The van der Waals surface area contributed by atoms with E-state index >= 15 is 4.39 Å². The maximum absolute atomic E-state index is 15.6. The number of aliphatic hydroxyl groups excluding tert-OH is 1. The third-order valence-electron chi connectivity index (χ3n) is 5.46. The molecule has 3 N–H and O–H groups in total. The lowest BCUT2D eigenvalue weighted by Gasteiger charge is -2.37. The molecule has 31 heavy (non-hydrogen) atoms. The van der Waals surface area contributed by atoms with E-state index < -0.39 is 18.0 Å². The van der Waals surface area contributed by atoms with E-state index in [-0.39, 0.29) is 21.7 Å². The highest BCUT2D eigenvalue weighted by molar-refractivity contribution is 6.34. The van der Waals surface area contributed by atoms with Crippen LogP contribution in [-0.4, -0.2) is 58.3 Å². The molecule has 1 fully saturated rings. The number of benzene rings is 2. The van der Waals surface area contributed by atoms with Crippen LogP contribution in [0.4, 0.5) is 10.2 Å². The smallest absolute Gasteiger partial charge is 0.249 e. The van der Waals surface area contributed by atoms with Crippen molar-refractivity contribution in [1.29, 1.82) is 0 Å². The molecule has 1 atom stereocenters. The van der Waals surface area contributed by atoms with Gasteiger partial charge in [0.15, 0.2) is 5.82 Å². The number of anilines is 1. The van der Waals surface area contributed by atoms with E-state index in [0.29, 0.717) is 42.9 Å². The number of nitrogens with zero attached hydrogens (tertiary/aromatic N) is 4. The van der Waals surface area contributed by atoms with Gasteiger partial charge in [-0.05, 0) is 23.8 Å². The molecule has 1 unspecified atom stereocenters. The van der Waals surface area contributed by atoms with Crippen LogP contribution in [0, 0.1) is 5.82 Å². The fourth-order valence-electron chi connectivity index (χ4n) is 3.88. The van der Waals surface area contributed by atoms with E-state index in [0.717, 1.165) is 0 Å². The summed E-state index contributed by atoms with van der Waals surface area (Å²) in [6, 6.07) is 8.08. The van der Waals surface area contributed by atoms with Gasteiger partial charge in [0, 0.05) is 42.7 Å². The van der Waals surface area contributed by atoms with Gasteiger partial charge in [-0.15, -0.1) is 0 Å². The lowest BCUT2D eigenvalue weighted by molar-refractivity contribution is 0.0380. The Morgan fingerprint density at radius 2 is 1.97 bits per heavy atom. The maximum Gasteiger partial charge on any atom is 0.249 e. The number of aromatic nitrogens is 2. The number of primary amides is 1. The van der Waals surface area contributed by atoms with Crippen molar-refractivity contribution < 1.29 is 14.3 Å². The van der Waals surface area contributed by atoms with Gasteiger partial charge in [-0.25, -0.2) is 14.4 Å². The molecule has 0 saturated carbocycles. The minimum absolute atomic E-state index is 0.0761. The van der Waals surface area contributed by atoms with E-state index in [1.807, 2.05) is 9.80 Å². The van der Waals surface area contributed by atoms with Crippen LogP contribution in [0.3, 0.4) is 0 Å². The average molecular weight is 442 g/mol. The van der Waals surface area contributed by atoms with Crippen molar-refractivity contribution in [3.8, 4) is 11.1 Å². The summed E-state index contributed by atoms with van der Waals surface area (Å²) in [7, 11) is 0. The Bertz CT molecular complexity index is 1160. The number of carbonyl (C=O) groups excluding carboxylic acids is 1. The second-order valence-corrected chi connectivity index (χ2v) is 7.63. The molecule has 1 aromatic heterocycles. The van der Waals surface area contributed by atoms with Gasteiger partial charge < -0.3 is 15.7 Å². The van der Waals surface area contributed by atoms with Crippen molar-refractivity contribution in [3.63, 3.8) is 0 Å². The average Bonchev–Trinajstić information content (AvgIpc) is 2.78. The molecule has 7 nitrogen and oxygen atoms in total. The summed E-state index contributed by atoms with van der Waals surface area (Å²) >= 11 is 6.50. The van der Waals surface area contributed by atoms with Crippen molar-refractivity contribution in [2.75, 3.05) is 31.1 Å². The van der Waals surface area contributed by atoms with Crippen molar-refractivity contribution in [2.24, 2.45) is 5.73 Å². The Balaban J connectivity index is 1.78. The number of carbonyl (C=O) groups is 1. The highest BCUT2D eigenvalue weighted by Crippen LogP contribution is 2.38. The number of piperazine rings is 1. The number of nitrogens with two attached hydrogens (primary N) is 1. The number of hydrogen-bond acceptors (Lipinski definition) is 6. The minimum Gasteiger partial charge on any atom is -0.375 e. The Kier molecular flexibility index (Phi) is 5.86. The van der Waals surface area contributed by atoms with Gasteiger partial charge in [0.2, 0.25) is 5.91 Å². The van der Waals surface area contributed by atoms with Crippen molar-refractivity contribution in [1.82, 2.24) is 14.9 Å². The lowest BCUT2D eigenvalue weighted by Crippen LogP contribution is -2.50. The summed E-state index contributed by atoms with van der Waals surface area (Å²) in [5.41, 5.74) is 6.14. The summed E-state index contributed by atoms with van der Waals surface area (Å²) in [5.74, 6) is -0.747. The monoisotopic (exact) mass is 441 g/mol. The fourth-order valence-corrected chi connectivity index (χ4v) is 4.17. The molecule has 160 valence electrons. The van der Waals surface area contributed by atoms with Crippen LogP contribution in [0.25, 0.3) is 22.0 Å². The summed E-state index contributed by atoms with van der Waals surface area (Å²) in [5, 5.41) is 10.6. The maximum atomic E-state index is 15.6. The van der Waals surface area contributed by atoms with Gasteiger partial charge in [-0.1, -0.05) is 36.4 Å². The van der Waals surface area contributed by atoms with Crippen LogP contribution in [0.1, 0.15) is 10.4 Å². The second kappa shape index (κ2) is 8.58. The molecule has 3 aromatic rings. The molecule has 9 heteroatoms. The van der Waals surface area contributed by atoms with Crippen molar-refractivity contribution in [2.45, 2.75) is 6.23 Å². The normalized spacial score (nSPS) is 15.8. The number of hydrogen-bond donors (Lipinski definition) is 2. The van der Waals surface area contributed by atoms with Crippen LogP contribution >= 0.6 is 11.6 Å². The summed E-state index contributed by atoms with van der Waals surface area (Å²) in [6.45, 7) is 5.98. The van der Waals surface area contributed by atoms with Crippen LogP contribution in [0.15, 0.2) is 49.3 Å². The van der Waals surface area contributed by atoms with E-state index in [4.69, 9.17) is 17.3 Å². The lowest BCUT2D eigenvalue weighted by atomic mass is 9.97. The second-order valence-electron chi connectivity index (χ2n) is 7.22. The van der Waals surface area contributed by atoms with E-state index in [9.17, 15) is 9.90 Å². The fraction of sp³-hybridized carbons (Fsp3) is 0.227. The molecule has 2 aromatic carbocycles. The number of halogens is 2. The van der Waals surface area contributed by atoms with E-state index in [2.05, 4.69) is 16.5 Å². The SMILES string of the molecule is C=CC(O)N1CCN(c2ncnc3c(F)c(-c4ccccc4C(N)=O)c(Cl)cc23)CC1. The zero-order valence-electron chi connectivity index (χ0n) is 16.6. The molecule has 0 aliphatic carbocycles. The molecular formula is C22H21ClFN5O2. The van der Waals surface area contributed by atoms with Gasteiger partial charge in [-0.3, -0.25) is 9.69 Å². The summed E-state index contributed by atoms with van der Waals surface area (Å²) in [4.78, 5) is 24.2. The van der Waals surface area contributed by atoms with Gasteiger partial charge in [0.05, 0.1) is 5.02 Å². The predicted octanol–water partition coefficient (Wildman–Crippen LogP) is 2.81. The molecular weight excluding hydrogens is 421 g/mol. The molecule has 0 radical (unpaired) electrons. The number of fused-ring (bicyclic) bond motifs is 1. The Morgan fingerprint density at radius 3 is 2.65 bits per heavy atom. The minimum atomic E-state index is -0.705. The number of amides is 1. The summed E-state index contributed by atoms with van der Waals surface area (Å²) < 4.78 is 15.6. The van der Waals surface area contributed by atoms with Gasteiger partial charge in [0.25, 0.3) is 0 Å². The highest BCUT2D eigenvalue weighted by atomic mass is 35.5. The van der Waals surface area contributed by atoms with Gasteiger partial charge >= 0.3 is 0 Å². The Labute approximate surface area is 183 Å². The topological polar surface area (TPSA) is 95.6 Å². The first kappa shape index (κ1) is 21.2. The molecule has 1 amide bonds. The largest absolute Gasteiger partial charge is 0.375 e. The first-order valence-corrected chi connectivity index (χ1v) is 10.1. The van der Waals surface area contributed by atoms with Crippen molar-refractivity contribution in [3.05, 3.63) is 65.7 Å². The molecule has 0 spiro atoms. The summed E-state index contributed by atoms with van der Waals surface area (Å²) in [6.07, 6.45) is 2.09. The van der Waals surface area contributed by atoms with Gasteiger partial charge in [-0.2, -0.15) is 0 Å². The molecule has 2 heterocycles. The quantitative estimate of drug-likeness (QED) is 0.591. The highest BCUT2D eigenvalue weighted by Gasteiger charge is 2.25. The molecule has 1 saturated heterocycles. The third-order valence-corrected chi connectivity index (χ3v) is 5.76. The van der Waals surface area contributed by atoms with E-state index in [1.54, 1.807) is 24.3 Å². The molecule has 1 aliphatic heterocycles. The first-order chi connectivity index (χ1) is 14.9. The van der Waals surface area contributed by atoms with E-state index in [1.165, 1.54) is 18.5 Å². The van der Waals surface area contributed by atoms with Crippen LogP contribution < -0.4 is 10.6 Å². The Hall–Kier alpha value is -3.07. The molecule has 1 aliphatic rings. The Morgan fingerprint density at radius 1 is 1.26 bits per heavy atom. The van der Waals surface area contributed by atoms with Crippen LogP contribution in [0.2, 0.25) is 5.02 Å². The zero-order valence-corrected chi connectivity index (χ0v) is 17.4. The number of aliphatic hydroxyl groups is 1. The van der Waals surface area contributed by atoms with Crippen LogP contribution in [0.5, 0.6) is 0 Å². The molecule has 4 rings (SSSR count). The predicted molar refractivity (Wildman–Crippen MR) is 118 cm³/mol. The van der Waals surface area contributed by atoms with Crippen molar-refractivity contribution >= 4 is 34.2 Å².